The maximum absolute atomic E-state index is 13.5. The fourth-order valence-corrected chi connectivity index (χ4v) is 7.29. The molecule has 3 aromatic rings. The van der Waals surface area contributed by atoms with Crippen LogP contribution in [0.15, 0.2) is 58.4 Å². The molecule has 7 nitrogen and oxygen atoms in total. The Morgan fingerprint density at radius 1 is 0.972 bits per heavy atom. The van der Waals surface area contributed by atoms with Gasteiger partial charge in [0.2, 0.25) is 5.43 Å². The molecule has 7 rings (SSSR count). The second-order valence-electron chi connectivity index (χ2n) is 9.91. The van der Waals surface area contributed by atoms with Gasteiger partial charge >= 0.3 is 0 Å². The average Bonchev–Trinajstić information content (AvgIpc) is 3.06. The molecule has 1 aromatic heterocycles. The van der Waals surface area contributed by atoms with E-state index in [2.05, 4.69) is 41.4 Å². The summed E-state index contributed by atoms with van der Waals surface area (Å²) < 4.78 is 7.60. The van der Waals surface area contributed by atoms with E-state index in [9.17, 15) is 14.7 Å². The number of fused-ring (bicyclic) bond motifs is 5. The van der Waals surface area contributed by atoms with Gasteiger partial charge in [-0.2, -0.15) is 0 Å². The number of carbonyl (C=O) groups is 1. The lowest BCUT2D eigenvalue weighted by molar-refractivity contribution is -0.0197. The van der Waals surface area contributed by atoms with Crippen LogP contribution in [-0.4, -0.2) is 46.5 Å². The third-order valence-corrected chi connectivity index (χ3v) is 9.07. The number of thioether (sulfide) groups is 1. The van der Waals surface area contributed by atoms with Crippen LogP contribution in [0.2, 0.25) is 0 Å². The lowest BCUT2D eigenvalue weighted by Crippen LogP contribution is -2.66. The van der Waals surface area contributed by atoms with Crippen molar-refractivity contribution >= 4 is 17.7 Å². The molecule has 36 heavy (non-hydrogen) atoms. The number of aryl methyl sites for hydroxylation is 2. The first-order valence-corrected chi connectivity index (χ1v) is 13.6. The molecule has 3 aliphatic heterocycles. The highest BCUT2D eigenvalue weighted by Gasteiger charge is 2.45. The maximum Gasteiger partial charge on any atom is 0.278 e. The van der Waals surface area contributed by atoms with E-state index in [0.29, 0.717) is 19.8 Å². The summed E-state index contributed by atoms with van der Waals surface area (Å²) in [6.07, 6.45) is 5.87. The van der Waals surface area contributed by atoms with E-state index in [0.717, 1.165) is 24.2 Å². The summed E-state index contributed by atoms with van der Waals surface area (Å²) in [5.41, 5.74) is 6.00. The number of hydrogen-bond donors (Lipinski definition) is 1. The van der Waals surface area contributed by atoms with E-state index in [-0.39, 0.29) is 23.8 Å². The second-order valence-corrected chi connectivity index (χ2v) is 10.9. The van der Waals surface area contributed by atoms with Gasteiger partial charge < -0.3 is 14.7 Å². The van der Waals surface area contributed by atoms with Gasteiger partial charge in [-0.25, -0.2) is 0 Å². The molecule has 4 heterocycles. The average molecular weight is 502 g/mol. The number of aromatic hydroxyl groups is 1. The van der Waals surface area contributed by atoms with Crippen molar-refractivity contribution in [1.29, 1.82) is 0 Å². The molecular weight excluding hydrogens is 474 g/mol. The van der Waals surface area contributed by atoms with Crippen molar-refractivity contribution in [3.05, 3.63) is 92.4 Å². The summed E-state index contributed by atoms with van der Waals surface area (Å²) in [6.45, 7) is 1.18. The van der Waals surface area contributed by atoms with Crippen molar-refractivity contribution < 1.29 is 14.6 Å². The molecule has 1 saturated heterocycles. The van der Waals surface area contributed by atoms with E-state index in [1.165, 1.54) is 46.1 Å². The first kappa shape index (κ1) is 22.0. The number of aromatic nitrogens is 1. The molecule has 1 fully saturated rings. The summed E-state index contributed by atoms with van der Waals surface area (Å²) >= 11 is 1.84. The minimum Gasteiger partial charge on any atom is -0.502 e. The molecule has 1 N–H and O–H groups in total. The van der Waals surface area contributed by atoms with Crippen molar-refractivity contribution in [2.24, 2.45) is 0 Å². The molecule has 0 saturated carbocycles. The van der Waals surface area contributed by atoms with Crippen molar-refractivity contribution in [2.75, 3.05) is 24.8 Å². The number of ether oxygens (including phenoxy) is 1. The standard InChI is InChI=1S/C28H27N3O4S/c32-22-9-10-30-26(27(22)33)28(34)29-11-12-35-15-24(29)31(30)25-20-7-3-4-8-23(20)36-16-19-13-17-5-1-2-6-18(17)14-21(19)25/h3-4,7-10,13-14,24-25,33H,1-2,5-6,11-12,15-16H2/t24-,25-/m1/s1. The molecule has 8 heteroatoms. The Morgan fingerprint density at radius 2 is 1.78 bits per heavy atom. The lowest BCUT2D eigenvalue weighted by Gasteiger charge is -2.51. The number of hydrogen-bond acceptors (Lipinski definition) is 6. The number of benzene rings is 2. The van der Waals surface area contributed by atoms with Crippen LogP contribution >= 0.6 is 11.8 Å². The van der Waals surface area contributed by atoms with Crippen LogP contribution in [0.25, 0.3) is 0 Å². The van der Waals surface area contributed by atoms with Gasteiger partial charge in [0.15, 0.2) is 11.4 Å². The van der Waals surface area contributed by atoms with E-state index in [4.69, 9.17) is 4.74 Å². The van der Waals surface area contributed by atoms with Gasteiger partial charge in [0.05, 0.1) is 19.3 Å². The Labute approximate surface area is 213 Å². The predicted octanol–water partition coefficient (Wildman–Crippen LogP) is 3.58. The Morgan fingerprint density at radius 3 is 2.64 bits per heavy atom. The maximum atomic E-state index is 13.5. The zero-order valence-electron chi connectivity index (χ0n) is 19.9. The molecule has 0 spiro atoms. The van der Waals surface area contributed by atoms with Gasteiger partial charge in [-0.1, -0.05) is 30.3 Å². The van der Waals surface area contributed by atoms with Crippen LogP contribution < -0.4 is 10.4 Å². The lowest BCUT2D eigenvalue weighted by atomic mass is 9.85. The minimum absolute atomic E-state index is 0.0227. The van der Waals surface area contributed by atoms with Crippen molar-refractivity contribution in [1.82, 2.24) is 9.58 Å². The summed E-state index contributed by atoms with van der Waals surface area (Å²) in [5.74, 6) is 0.0341. The molecule has 0 unspecified atom stereocenters. The SMILES string of the molecule is O=C1c2c(O)c(=O)ccn2N([C@H]2c3cc4c(cc3CSc3ccccc32)CCCC4)[C@@H]2COCCN12. The van der Waals surface area contributed by atoms with Crippen LogP contribution in [0.4, 0.5) is 0 Å². The van der Waals surface area contributed by atoms with Gasteiger partial charge in [0.1, 0.15) is 6.17 Å². The molecular formula is C28H27N3O4S. The third-order valence-electron chi connectivity index (χ3n) is 7.93. The number of amides is 1. The van der Waals surface area contributed by atoms with Crippen LogP contribution in [0, 0.1) is 0 Å². The number of morpholine rings is 1. The minimum atomic E-state index is -0.549. The van der Waals surface area contributed by atoms with Crippen LogP contribution in [-0.2, 0) is 23.3 Å². The normalized spacial score (nSPS) is 22.6. The van der Waals surface area contributed by atoms with Crippen LogP contribution in [0.3, 0.4) is 0 Å². The predicted molar refractivity (Wildman–Crippen MR) is 137 cm³/mol. The second kappa shape index (κ2) is 8.42. The number of rotatable bonds is 1. The smallest absolute Gasteiger partial charge is 0.278 e. The summed E-state index contributed by atoms with van der Waals surface area (Å²) in [6, 6.07) is 14.3. The van der Waals surface area contributed by atoms with Crippen molar-refractivity contribution in [2.45, 2.75) is 48.5 Å². The van der Waals surface area contributed by atoms with Gasteiger partial charge in [0.25, 0.3) is 5.91 Å². The molecule has 4 aliphatic rings. The van der Waals surface area contributed by atoms with Crippen molar-refractivity contribution in [3.63, 3.8) is 0 Å². The highest BCUT2D eigenvalue weighted by molar-refractivity contribution is 7.98. The summed E-state index contributed by atoms with van der Waals surface area (Å²) in [4.78, 5) is 28.9. The van der Waals surface area contributed by atoms with E-state index in [1.807, 2.05) is 11.8 Å². The number of nitrogens with zero attached hydrogens (tertiary/aromatic N) is 3. The molecule has 2 atom stereocenters. The summed E-state index contributed by atoms with van der Waals surface area (Å²) in [5, 5.41) is 12.9. The van der Waals surface area contributed by atoms with E-state index in [1.54, 1.807) is 15.8 Å². The molecule has 1 aliphatic carbocycles. The highest BCUT2D eigenvalue weighted by atomic mass is 32.2. The van der Waals surface area contributed by atoms with Crippen LogP contribution in [0.1, 0.15) is 57.2 Å². The highest BCUT2D eigenvalue weighted by Crippen LogP contribution is 2.45. The van der Waals surface area contributed by atoms with Gasteiger partial charge in [-0.15, -0.1) is 11.8 Å². The summed E-state index contributed by atoms with van der Waals surface area (Å²) in [7, 11) is 0. The first-order chi connectivity index (χ1) is 17.6. The Kier molecular flexibility index (Phi) is 5.15. The fraction of sp³-hybridized carbons (Fsp3) is 0.357. The van der Waals surface area contributed by atoms with Gasteiger partial charge in [-0.3, -0.25) is 19.3 Å². The Hall–Kier alpha value is -3.23. The Balaban J connectivity index is 1.52. The van der Waals surface area contributed by atoms with Crippen molar-refractivity contribution in [3.8, 4) is 5.75 Å². The van der Waals surface area contributed by atoms with E-state index >= 15 is 0 Å². The topological polar surface area (TPSA) is 75.0 Å². The number of pyridine rings is 1. The van der Waals surface area contributed by atoms with Crippen LogP contribution in [0.5, 0.6) is 5.75 Å². The fourth-order valence-electron chi connectivity index (χ4n) is 6.21. The first-order valence-electron chi connectivity index (χ1n) is 12.6. The quantitative estimate of drug-likeness (QED) is 0.550. The molecule has 0 radical (unpaired) electrons. The number of carbonyl (C=O) groups excluding carboxylic acids is 1. The third kappa shape index (κ3) is 3.24. The molecule has 1 amide bonds. The molecule has 0 bridgehead atoms. The van der Waals surface area contributed by atoms with Gasteiger partial charge in [0, 0.05) is 29.5 Å². The molecule has 2 aromatic carbocycles. The van der Waals surface area contributed by atoms with Gasteiger partial charge in [-0.05, 0) is 59.6 Å². The zero-order chi connectivity index (χ0) is 24.4. The Bertz CT molecular complexity index is 1450. The zero-order valence-corrected chi connectivity index (χ0v) is 20.7. The monoisotopic (exact) mass is 501 g/mol. The van der Waals surface area contributed by atoms with E-state index < -0.39 is 11.2 Å². The largest absolute Gasteiger partial charge is 0.502 e. The molecule has 184 valence electrons.